The Morgan fingerprint density at radius 3 is 2.75 bits per heavy atom. The van der Waals surface area contributed by atoms with E-state index in [-0.39, 0.29) is 33.8 Å². The van der Waals surface area contributed by atoms with Crippen LogP contribution in [0.5, 0.6) is 0 Å². The largest absolute Gasteiger partial charge is 0.381 e. The standard InChI is InChI=1S/C17H16ClFN2O3/c18-12-2-1-3-13(19)15(12)16(22)10-8-14(20-9-10)17(23)21-11-4-6-24-7-5-11/h1-3,8-9,11,20H,4-7H2,(H,21,23). The Bertz CT molecular complexity index is 749. The first-order chi connectivity index (χ1) is 11.6. The first-order valence-corrected chi connectivity index (χ1v) is 8.00. The summed E-state index contributed by atoms with van der Waals surface area (Å²) in [6.07, 6.45) is 2.89. The number of benzene rings is 1. The van der Waals surface area contributed by atoms with Gasteiger partial charge in [0.1, 0.15) is 11.5 Å². The topological polar surface area (TPSA) is 71.2 Å². The second-order valence-corrected chi connectivity index (χ2v) is 6.00. The number of hydrogen-bond donors (Lipinski definition) is 2. The number of aromatic amines is 1. The van der Waals surface area contributed by atoms with Crippen molar-refractivity contribution in [3.05, 3.63) is 58.1 Å². The monoisotopic (exact) mass is 350 g/mol. The predicted octanol–water partition coefficient (Wildman–Crippen LogP) is 2.95. The van der Waals surface area contributed by atoms with Crippen LogP contribution in [0.25, 0.3) is 0 Å². The number of H-pyrrole nitrogens is 1. The van der Waals surface area contributed by atoms with E-state index in [1.165, 1.54) is 30.5 Å². The highest BCUT2D eigenvalue weighted by Gasteiger charge is 2.22. The van der Waals surface area contributed by atoms with E-state index in [9.17, 15) is 14.0 Å². The second-order valence-electron chi connectivity index (χ2n) is 5.59. The molecule has 0 unspecified atom stereocenters. The Morgan fingerprint density at radius 2 is 2.04 bits per heavy atom. The highest BCUT2D eigenvalue weighted by atomic mass is 35.5. The number of ether oxygens (including phenoxy) is 1. The average Bonchev–Trinajstić information content (AvgIpc) is 3.05. The molecule has 7 heteroatoms. The average molecular weight is 351 g/mol. The number of amides is 1. The Morgan fingerprint density at radius 1 is 1.29 bits per heavy atom. The van der Waals surface area contributed by atoms with E-state index >= 15 is 0 Å². The van der Waals surface area contributed by atoms with Crippen LogP contribution in [0.15, 0.2) is 30.5 Å². The van der Waals surface area contributed by atoms with E-state index in [4.69, 9.17) is 16.3 Å². The van der Waals surface area contributed by atoms with Crippen molar-refractivity contribution in [2.75, 3.05) is 13.2 Å². The number of carbonyl (C=O) groups excluding carboxylic acids is 2. The molecule has 2 N–H and O–H groups in total. The fourth-order valence-electron chi connectivity index (χ4n) is 2.62. The molecule has 24 heavy (non-hydrogen) atoms. The normalized spacial score (nSPS) is 15.2. The Hall–Kier alpha value is -2.18. The molecule has 1 saturated heterocycles. The van der Waals surface area contributed by atoms with Crippen LogP contribution in [0, 0.1) is 5.82 Å². The highest BCUT2D eigenvalue weighted by molar-refractivity contribution is 6.35. The first-order valence-electron chi connectivity index (χ1n) is 7.62. The van der Waals surface area contributed by atoms with Gasteiger partial charge in [0.25, 0.3) is 5.91 Å². The maximum atomic E-state index is 13.9. The molecule has 0 saturated carbocycles. The van der Waals surface area contributed by atoms with Crippen molar-refractivity contribution in [3.63, 3.8) is 0 Å². The second kappa shape index (κ2) is 7.15. The van der Waals surface area contributed by atoms with Crippen LogP contribution in [0.4, 0.5) is 4.39 Å². The van der Waals surface area contributed by atoms with Crippen molar-refractivity contribution in [2.45, 2.75) is 18.9 Å². The molecule has 1 aromatic carbocycles. The van der Waals surface area contributed by atoms with Gasteiger partial charge in [0.2, 0.25) is 0 Å². The zero-order valence-electron chi connectivity index (χ0n) is 12.8. The number of rotatable bonds is 4. The van der Waals surface area contributed by atoms with Gasteiger partial charge in [0, 0.05) is 31.0 Å². The summed E-state index contributed by atoms with van der Waals surface area (Å²) < 4.78 is 19.1. The zero-order chi connectivity index (χ0) is 17.1. The number of nitrogens with one attached hydrogen (secondary N) is 2. The van der Waals surface area contributed by atoms with Gasteiger partial charge in [-0.1, -0.05) is 17.7 Å². The van der Waals surface area contributed by atoms with Crippen molar-refractivity contribution < 1.29 is 18.7 Å². The summed E-state index contributed by atoms with van der Waals surface area (Å²) in [4.78, 5) is 27.4. The molecule has 1 aliphatic rings. The van der Waals surface area contributed by atoms with Gasteiger partial charge in [0.15, 0.2) is 5.78 Å². The molecule has 2 aromatic rings. The van der Waals surface area contributed by atoms with Gasteiger partial charge in [-0.25, -0.2) is 4.39 Å². The smallest absolute Gasteiger partial charge is 0.267 e. The minimum atomic E-state index is -0.693. The first kappa shape index (κ1) is 16.7. The number of halogens is 2. The van der Waals surface area contributed by atoms with Crippen LogP contribution < -0.4 is 5.32 Å². The lowest BCUT2D eigenvalue weighted by molar-refractivity contribution is 0.0694. The van der Waals surface area contributed by atoms with Gasteiger partial charge in [-0.2, -0.15) is 0 Å². The fraction of sp³-hybridized carbons (Fsp3) is 0.294. The number of carbonyl (C=O) groups is 2. The highest BCUT2D eigenvalue weighted by Crippen LogP contribution is 2.22. The minimum Gasteiger partial charge on any atom is -0.381 e. The molecular formula is C17H16ClFN2O3. The predicted molar refractivity (Wildman–Crippen MR) is 86.9 cm³/mol. The van der Waals surface area contributed by atoms with E-state index in [1.54, 1.807) is 0 Å². The molecule has 1 aliphatic heterocycles. The molecule has 0 bridgehead atoms. The number of hydrogen-bond acceptors (Lipinski definition) is 3. The summed E-state index contributed by atoms with van der Waals surface area (Å²) in [6, 6.07) is 5.50. The minimum absolute atomic E-state index is 0.0365. The summed E-state index contributed by atoms with van der Waals surface area (Å²) >= 11 is 5.91. The fourth-order valence-corrected chi connectivity index (χ4v) is 2.87. The summed E-state index contributed by atoms with van der Waals surface area (Å²) in [5.74, 6) is -1.57. The summed E-state index contributed by atoms with van der Waals surface area (Å²) in [7, 11) is 0. The van der Waals surface area contributed by atoms with E-state index in [0.717, 1.165) is 12.8 Å². The van der Waals surface area contributed by atoms with Crippen LogP contribution in [-0.4, -0.2) is 35.9 Å². The molecule has 0 spiro atoms. The van der Waals surface area contributed by atoms with Gasteiger partial charge in [-0.05, 0) is 31.0 Å². The van der Waals surface area contributed by atoms with Crippen molar-refractivity contribution >= 4 is 23.3 Å². The van der Waals surface area contributed by atoms with Crippen molar-refractivity contribution in [2.24, 2.45) is 0 Å². The third kappa shape index (κ3) is 3.49. The molecule has 2 heterocycles. The molecule has 0 aliphatic carbocycles. The van der Waals surface area contributed by atoms with Gasteiger partial charge < -0.3 is 15.0 Å². The molecule has 1 aromatic heterocycles. The number of ketones is 1. The molecule has 0 atom stereocenters. The summed E-state index contributed by atoms with van der Waals surface area (Å²) in [6.45, 7) is 1.23. The third-order valence-corrected chi connectivity index (χ3v) is 4.25. The van der Waals surface area contributed by atoms with Gasteiger partial charge in [-0.3, -0.25) is 9.59 Å². The molecule has 1 amide bonds. The molecular weight excluding hydrogens is 335 g/mol. The van der Waals surface area contributed by atoms with Crippen LogP contribution in [-0.2, 0) is 4.74 Å². The van der Waals surface area contributed by atoms with Gasteiger partial charge in [0.05, 0.1) is 10.6 Å². The molecule has 1 fully saturated rings. The van der Waals surface area contributed by atoms with Crippen LogP contribution >= 0.6 is 11.6 Å². The molecule has 126 valence electrons. The number of aromatic nitrogens is 1. The zero-order valence-corrected chi connectivity index (χ0v) is 13.5. The SMILES string of the molecule is O=C(NC1CCOCC1)c1cc(C(=O)c2c(F)cccc2Cl)c[nH]1. The lowest BCUT2D eigenvalue weighted by atomic mass is 10.0. The lowest BCUT2D eigenvalue weighted by Crippen LogP contribution is -2.39. The van der Waals surface area contributed by atoms with Crippen LogP contribution in [0.3, 0.4) is 0 Å². The van der Waals surface area contributed by atoms with Gasteiger partial charge >= 0.3 is 0 Å². The maximum Gasteiger partial charge on any atom is 0.267 e. The Labute approximate surface area is 143 Å². The van der Waals surface area contributed by atoms with E-state index < -0.39 is 11.6 Å². The van der Waals surface area contributed by atoms with E-state index in [0.29, 0.717) is 13.2 Å². The third-order valence-electron chi connectivity index (χ3n) is 3.94. The van der Waals surface area contributed by atoms with E-state index in [1.807, 2.05) is 0 Å². The van der Waals surface area contributed by atoms with Crippen molar-refractivity contribution in [3.8, 4) is 0 Å². The molecule has 3 rings (SSSR count). The summed E-state index contributed by atoms with van der Waals surface area (Å²) in [5.41, 5.74) is 0.228. The lowest BCUT2D eigenvalue weighted by Gasteiger charge is -2.22. The Balaban J connectivity index is 1.75. The van der Waals surface area contributed by atoms with Crippen molar-refractivity contribution in [1.82, 2.24) is 10.3 Å². The molecule has 5 nitrogen and oxygen atoms in total. The van der Waals surface area contributed by atoms with E-state index in [2.05, 4.69) is 10.3 Å². The summed E-state index contributed by atoms with van der Waals surface area (Å²) in [5, 5.41) is 2.92. The van der Waals surface area contributed by atoms with Crippen LogP contribution in [0.2, 0.25) is 5.02 Å². The quantitative estimate of drug-likeness (QED) is 0.833. The van der Waals surface area contributed by atoms with Crippen LogP contribution in [0.1, 0.15) is 39.3 Å². The van der Waals surface area contributed by atoms with Crippen molar-refractivity contribution in [1.29, 1.82) is 0 Å². The Kier molecular flexibility index (Phi) is 4.97. The molecule has 0 radical (unpaired) electrons. The maximum absolute atomic E-state index is 13.9. The van der Waals surface area contributed by atoms with Gasteiger partial charge in [-0.15, -0.1) is 0 Å².